The van der Waals surface area contributed by atoms with E-state index in [9.17, 15) is 9.90 Å². The van der Waals surface area contributed by atoms with Gasteiger partial charge in [-0.05, 0) is 36.2 Å². The van der Waals surface area contributed by atoms with Gasteiger partial charge in [0.25, 0.3) is 0 Å². The van der Waals surface area contributed by atoms with Crippen molar-refractivity contribution in [3.8, 4) is 17.2 Å². The molecule has 0 amide bonds. The molecule has 0 bridgehead atoms. The van der Waals surface area contributed by atoms with Gasteiger partial charge in [-0.2, -0.15) is 0 Å². The second kappa shape index (κ2) is 5.95. The summed E-state index contributed by atoms with van der Waals surface area (Å²) in [5.74, 6) is 1.18. The van der Waals surface area contributed by atoms with Gasteiger partial charge in [0.2, 0.25) is 0 Å². The summed E-state index contributed by atoms with van der Waals surface area (Å²) in [7, 11) is 3.12. The molecule has 0 aliphatic heterocycles. The van der Waals surface area contributed by atoms with E-state index < -0.39 is 5.63 Å². The van der Waals surface area contributed by atoms with Gasteiger partial charge in [-0.1, -0.05) is 19.1 Å². The number of phenols is 1. The highest BCUT2D eigenvalue weighted by Crippen LogP contribution is 2.42. The maximum absolute atomic E-state index is 12.7. The molecule has 26 heavy (non-hydrogen) atoms. The van der Waals surface area contributed by atoms with Crippen LogP contribution >= 0.6 is 0 Å². The van der Waals surface area contributed by atoms with Gasteiger partial charge in [0.1, 0.15) is 22.8 Å². The van der Waals surface area contributed by atoms with Gasteiger partial charge < -0.3 is 19.0 Å². The minimum atomic E-state index is -0.434. The molecule has 1 heterocycles. The van der Waals surface area contributed by atoms with Crippen LogP contribution in [-0.2, 0) is 6.42 Å². The highest BCUT2D eigenvalue weighted by molar-refractivity contribution is 6.18. The maximum Gasteiger partial charge on any atom is 0.344 e. The summed E-state index contributed by atoms with van der Waals surface area (Å²) in [6.45, 7) is 2.02. The number of hydrogen-bond donors (Lipinski definition) is 1. The smallest absolute Gasteiger partial charge is 0.344 e. The Kier molecular flexibility index (Phi) is 3.72. The van der Waals surface area contributed by atoms with Gasteiger partial charge in [-0.3, -0.25) is 0 Å². The Balaban J connectivity index is 2.33. The van der Waals surface area contributed by atoms with Crippen molar-refractivity contribution in [2.24, 2.45) is 0 Å². The Labute approximate surface area is 149 Å². The number of ether oxygens (including phenoxy) is 2. The fourth-order valence-electron chi connectivity index (χ4n) is 3.48. The Bertz CT molecular complexity index is 1220. The van der Waals surface area contributed by atoms with Crippen LogP contribution in [0.1, 0.15) is 12.5 Å². The second-order valence-electron chi connectivity index (χ2n) is 6.12. The normalized spacial score (nSPS) is 11.3. The van der Waals surface area contributed by atoms with Crippen molar-refractivity contribution in [3.63, 3.8) is 0 Å². The number of hydrogen-bond acceptors (Lipinski definition) is 5. The SMILES string of the molecule is CCc1cc(OC)c2c(c1)c(=O)oc1c3cccc(O)c3c(OC)cc12. The Hall–Kier alpha value is -3.21. The van der Waals surface area contributed by atoms with E-state index in [1.54, 1.807) is 38.5 Å². The monoisotopic (exact) mass is 350 g/mol. The molecule has 0 saturated heterocycles. The van der Waals surface area contributed by atoms with E-state index in [0.717, 1.165) is 12.0 Å². The number of benzene rings is 3. The summed E-state index contributed by atoms with van der Waals surface area (Å²) in [6, 6.07) is 10.6. The van der Waals surface area contributed by atoms with Crippen molar-refractivity contribution in [3.05, 3.63) is 52.4 Å². The molecule has 3 aromatic carbocycles. The molecule has 0 atom stereocenters. The average molecular weight is 350 g/mol. The van der Waals surface area contributed by atoms with Gasteiger partial charge in [0, 0.05) is 16.2 Å². The minimum absolute atomic E-state index is 0.0669. The van der Waals surface area contributed by atoms with Gasteiger partial charge in [-0.15, -0.1) is 0 Å². The number of rotatable bonds is 3. The second-order valence-corrected chi connectivity index (χ2v) is 6.12. The van der Waals surface area contributed by atoms with Crippen molar-refractivity contribution < 1.29 is 19.0 Å². The third-order valence-electron chi connectivity index (χ3n) is 4.75. The molecular weight excluding hydrogens is 332 g/mol. The number of aryl methyl sites for hydroxylation is 1. The number of fused-ring (bicyclic) bond motifs is 5. The Morgan fingerprint density at radius 3 is 2.38 bits per heavy atom. The zero-order valence-corrected chi connectivity index (χ0v) is 14.8. The highest BCUT2D eigenvalue weighted by Gasteiger charge is 2.19. The molecule has 0 spiro atoms. The number of phenolic OH excluding ortho intramolecular Hbond substituents is 1. The lowest BCUT2D eigenvalue weighted by atomic mass is 9.99. The third-order valence-corrected chi connectivity index (χ3v) is 4.75. The molecule has 0 saturated carbocycles. The first kappa shape index (κ1) is 16.3. The predicted molar refractivity (Wildman–Crippen MR) is 102 cm³/mol. The van der Waals surface area contributed by atoms with E-state index in [-0.39, 0.29) is 5.75 Å². The van der Waals surface area contributed by atoms with Crippen LogP contribution in [0, 0.1) is 0 Å². The van der Waals surface area contributed by atoms with Crippen LogP contribution in [0.15, 0.2) is 45.6 Å². The molecule has 4 rings (SSSR count). The Morgan fingerprint density at radius 2 is 1.69 bits per heavy atom. The highest BCUT2D eigenvalue weighted by atomic mass is 16.5. The molecule has 132 valence electrons. The molecule has 5 nitrogen and oxygen atoms in total. The van der Waals surface area contributed by atoms with Crippen molar-refractivity contribution >= 4 is 32.5 Å². The van der Waals surface area contributed by atoms with Crippen molar-refractivity contribution in [1.82, 2.24) is 0 Å². The van der Waals surface area contributed by atoms with Gasteiger partial charge in [-0.25, -0.2) is 4.79 Å². The van der Waals surface area contributed by atoms with Crippen molar-refractivity contribution in [2.75, 3.05) is 14.2 Å². The minimum Gasteiger partial charge on any atom is -0.507 e. The number of aromatic hydroxyl groups is 1. The molecule has 5 heteroatoms. The standard InChI is InChI=1S/C21H18O5/c1-4-11-8-14-18(16(9-11)24-2)13-10-17(25-3)19-12(6-5-7-15(19)22)20(13)26-21(14)23/h5-10,22H,4H2,1-3H3. The average Bonchev–Trinajstić information content (AvgIpc) is 2.67. The molecule has 0 radical (unpaired) electrons. The van der Waals surface area contributed by atoms with Crippen LogP contribution in [0.4, 0.5) is 0 Å². The summed E-state index contributed by atoms with van der Waals surface area (Å²) >= 11 is 0. The van der Waals surface area contributed by atoms with Crippen LogP contribution in [-0.4, -0.2) is 19.3 Å². The molecule has 0 aliphatic carbocycles. The van der Waals surface area contributed by atoms with E-state index in [1.165, 1.54) is 0 Å². The summed E-state index contributed by atoms with van der Waals surface area (Å²) in [6.07, 6.45) is 0.776. The van der Waals surface area contributed by atoms with Crippen LogP contribution in [0.25, 0.3) is 32.5 Å². The lowest BCUT2D eigenvalue weighted by molar-refractivity contribution is 0.416. The van der Waals surface area contributed by atoms with Crippen LogP contribution in [0.5, 0.6) is 17.2 Å². The van der Waals surface area contributed by atoms with Crippen molar-refractivity contribution in [1.29, 1.82) is 0 Å². The molecule has 1 N–H and O–H groups in total. The lowest BCUT2D eigenvalue weighted by Crippen LogP contribution is -2.03. The van der Waals surface area contributed by atoms with E-state index >= 15 is 0 Å². The summed E-state index contributed by atoms with van der Waals surface area (Å²) < 4.78 is 16.7. The third kappa shape index (κ3) is 2.20. The first-order valence-corrected chi connectivity index (χ1v) is 8.35. The van der Waals surface area contributed by atoms with Gasteiger partial charge in [0.05, 0.1) is 25.0 Å². The Morgan fingerprint density at radius 1 is 0.962 bits per heavy atom. The topological polar surface area (TPSA) is 68.9 Å². The fraction of sp³-hybridized carbons (Fsp3) is 0.190. The number of methoxy groups -OCH3 is 2. The molecular formula is C21H18O5. The zero-order valence-electron chi connectivity index (χ0n) is 14.8. The maximum atomic E-state index is 12.7. The quantitative estimate of drug-likeness (QED) is 0.438. The summed E-state index contributed by atoms with van der Waals surface area (Å²) in [5, 5.41) is 13.2. The molecule has 4 aromatic rings. The van der Waals surface area contributed by atoms with E-state index in [2.05, 4.69) is 0 Å². The van der Waals surface area contributed by atoms with Crippen LogP contribution in [0.3, 0.4) is 0 Å². The summed E-state index contributed by atoms with van der Waals surface area (Å²) in [5.41, 5.74) is 0.957. The first-order chi connectivity index (χ1) is 12.6. The van der Waals surface area contributed by atoms with E-state index in [0.29, 0.717) is 44.0 Å². The van der Waals surface area contributed by atoms with Crippen LogP contribution < -0.4 is 15.1 Å². The van der Waals surface area contributed by atoms with Gasteiger partial charge >= 0.3 is 5.63 Å². The van der Waals surface area contributed by atoms with E-state index in [1.807, 2.05) is 19.1 Å². The molecule has 0 unspecified atom stereocenters. The summed E-state index contributed by atoms with van der Waals surface area (Å²) in [4.78, 5) is 12.7. The molecule has 1 aromatic heterocycles. The predicted octanol–water partition coefficient (Wildman–Crippen LogP) is 4.38. The zero-order chi connectivity index (χ0) is 18.4. The van der Waals surface area contributed by atoms with Gasteiger partial charge in [0.15, 0.2) is 0 Å². The van der Waals surface area contributed by atoms with E-state index in [4.69, 9.17) is 13.9 Å². The molecule has 0 fully saturated rings. The lowest BCUT2D eigenvalue weighted by Gasteiger charge is -2.14. The van der Waals surface area contributed by atoms with Crippen LogP contribution in [0.2, 0.25) is 0 Å². The first-order valence-electron chi connectivity index (χ1n) is 8.35. The largest absolute Gasteiger partial charge is 0.507 e. The molecule has 0 aliphatic rings. The fourth-order valence-corrected chi connectivity index (χ4v) is 3.48. The van der Waals surface area contributed by atoms with Crippen molar-refractivity contribution in [2.45, 2.75) is 13.3 Å².